The van der Waals surface area contributed by atoms with E-state index in [2.05, 4.69) is 49.6 Å². The van der Waals surface area contributed by atoms with Crippen LogP contribution in [-0.4, -0.2) is 78.6 Å². The number of carboxylic acid groups (broad SMARTS) is 1. The fraction of sp³-hybridized carbons (Fsp3) is 0.306. The molecule has 1 atom stereocenters. The summed E-state index contributed by atoms with van der Waals surface area (Å²) in [5.41, 5.74) is 11.1. The van der Waals surface area contributed by atoms with Crippen LogP contribution in [0.2, 0.25) is 10.0 Å². The topological polar surface area (TPSA) is 169 Å². The molecule has 10 rings (SSSR count). The van der Waals surface area contributed by atoms with Crippen LogP contribution in [0.25, 0.3) is 55.0 Å². The first-order chi connectivity index (χ1) is 38.1. The second kappa shape index (κ2) is 23.4. The Morgan fingerprint density at radius 1 is 0.722 bits per heavy atom. The summed E-state index contributed by atoms with van der Waals surface area (Å²) in [6, 6.07) is 27.7. The number of aryl methyl sites for hydroxylation is 5. The van der Waals surface area contributed by atoms with Gasteiger partial charge in [-0.2, -0.15) is 0 Å². The third-order valence-corrected chi connectivity index (χ3v) is 17.2. The number of nitrogens with zero attached hydrogens (tertiary/aromatic N) is 5. The van der Waals surface area contributed by atoms with Gasteiger partial charge in [-0.05, 0) is 122 Å². The first-order valence-corrected chi connectivity index (χ1v) is 29.4. The molecule has 8 aromatic rings. The summed E-state index contributed by atoms with van der Waals surface area (Å²) in [7, 11) is 0. The van der Waals surface area contributed by atoms with Crippen molar-refractivity contribution in [3.63, 3.8) is 0 Å². The number of hydrogen-bond acceptors (Lipinski definition) is 10. The van der Waals surface area contributed by atoms with Crippen LogP contribution in [0.3, 0.4) is 0 Å². The largest absolute Gasteiger partial charge is 0.480 e. The van der Waals surface area contributed by atoms with Crippen LogP contribution in [0.4, 0.5) is 0 Å². The number of piperazine rings is 1. The molecular weight excluding hydrogens is 1070 g/mol. The standard InChI is InChI=1S/C62H61Cl2N7O6S2/c1-7-37-11-10-12-42(54(37)70-35(6)46(56(72)66-45-23-24-45)29-48(60(70)74)57-67-51(32-78-57)40-15-19-43(63)20-16-40)14-13-36-27-38(8-2)55(39(9-3)28-36)71-53(34(4)5)47(59(73)69-26-25-65-50(31-69)62(76)77)30-49(61(71)75)58-68-52(33-79-58)41-17-21-44(64)22-18-41/h10-12,15-22,27-30,32-34,45,50,65H,7-9,13-14,23-26,31H2,1-6H3,(H,66,72)(H,76,77)/t50-/m0/s1. The van der Waals surface area contributed by atoms with Crippen LogP contribution in [0.15, 0.2) is 111 Å². The number of carboxylic acids is 1. The van der Waals surface area contributed by atoms with Crippen LogP contribution in [0.5, 0.6) is 0 Å². The van der Waals surface area contributed by atoms with Gasteiger partial charge in [0.2, 0.25) is 0 Å². The van der Waals surface area contributed by atoms with Crippen LogP contribution < -0.4 is 21.8 Å². The molecule has 1 saturated carbocycles. The van der Waals surface area contributed by atoms with Crippen LogP contribution in [-0.2, 0) is 36.9 Å². The third kappa shape index (κ3) is 11.3. The molecule has 2 amide bonds. The zero-order valence-corrected chi connectivity index (χ0v) is 48.1. The molecule has 0 bridgehead atoms. The Bertz CT molecular complexity index is 3760. The lowest BCUT2D eigenvalue weighted by molar-refractivity contribution is -0.140. The predicted molar refractivity (Wildman–Crippen MR) is 317 cm³/mol. The Labute approximate surface area is 476 Å². The molecule has 4 aromatic carbocycles. The second-order valence-electron chi connectivity index (χ2n) is 20.5. The highest BCUT2D eigenvalue weighted by molar-refractivity contribution is 7.13. The summed E-state index contributed by atoms with van der Waals surface area (Å²) in [6.45, 7) is 12.5. The molecule has 5 heterocycles. The van der Waals surface area contributed by atoms with E-state index in [9.17, 15) is 19.5 Å². The summed E-state index contributed by atoms with van der Waals surface area (Å²) in [5, 5.41) is 22.1. The van der Waals surface area contributed by atoms with Crippen LogP contribution in [0.1, 0.15) is 113 Å². The molecule has 79 heavy (non-hydrogen) atoms. The zero-order chi connectivity index (χ0) is 55.8. The lowest BCUT2D eigenvalue weighted by Gasteiger charge is -2.33. The summed E-state index contributed by atoms with van der Waals surface area (Å²) in [6.07, 6.45) is 4.69. The molecular formula is C62H61Cl2N7O6S2. The average Bonchev–Trinajstić information content (AvgIpc) is 4.09. The number of aliphatic carboxylic acids is 1. The summed E-state index contributed by atoms with van der Waals surface area (Å²) in [4.78, 5) is 83.6. The summed E-state index contributed by atoms with van der Waals surface area (Å²) < 4.78 is 3.46. The predicted octanol–water partition coefficient (Wildman–Crippen LogP) is 12.2. The van der Waals surface area contributed by atoms with E-state index in [1.165, 1.54) is 22.7 Å². The lowest BCUT2D eigenvalue weighted by atomic mass is 9.92. The van der Waals surface area contributed by atoms with Crippen molar-refractivity contribution in [2.75, 3.05) is 19.6 Å². The number of hydrogen-bond donors (Lipinski definition) is 3. The Hall–Kier alpha value is -7.01. The number of nitrogens with one attached hydrogen (secondary N) is 2. The van der Waals surface area contributed by atoms with Crippen molar-refractivity contribution in [2.45, 2.75) is 104 Å². The molecule has 2 fully saturated rings. The fourth-order valence-electron chi connectivity index (χ4n) is 10.7. The maximum atomic E-state index is 15.5. The quantitative estimate of drug-likeness (QED) is 0.0803. The van der Waals surface area contributed by atoms with Gasteiger partial charge in [0, 0.05) is 69.0 Å². The highest BCUT2D eigenvalue weighted by atomic mass is 35.5. The number of benzene rings is 4. The van der Waals surface area contributed by atoms with Gasteiger partial charge in [-0.3, -0.25) is 33.1 Å². The normalized spacial score (nSPS) is 14.5. The van der Waals surface area contributed by atoms with E-state index >= 15 is 9.59 Å². The van der Waals surface area contributed by atoms with Gasteiger partial charge in [0.1, 0.15) is 16.1 Å². The highest BCUT2D eigenvalue weighted by Crippen LogP contribution is 2.36. The molecule has 1 aliphatic carbocycles. The van der Waals surface area contributed by atoms with Gasteiger partial charge < -0.3 is 20.6 Å². The number of amides is 2. The van der Waals surface area contributed by atoms with Crippen molar-refractivity contribution < 1.29 is 19.5 Å². The van der Waals surface area contributed by atoms with E-state index in [0.717, 1.165) is 57.5 Å². The summed E-state index contributed by atoms with van der Waals surface area (Å²) in [5.74, 6) is -1.95. The number of carbonyl (C=O) groups is 3. The highest BCUT2D eigenvalue weighted by Gasteiger charge is 2.34. The molecule has 2 aliphatic rings. The molecule has 0 spiro atoms. The number of halogens is 2. The van der Waals surface area contributed by atoms with E-state index in [1.807, 2.05) is 67.9 Å². The number of thiazole rings is 2. The second-order valence-corrected chi connectivity index (χ2v) is 23.1. The van der Waals surface area contributed by atoms with Crippen LogP contribution >= 0.6 is 45.9 Å². The van der Waals surface area contributed by atoms with Crippen molar-refractivity contribution in [1.82, 2.24) is 34.6 Å². The molecule has 3 N–H and O–H groups in total. The van der Waals surface area contributed by atoms with Gasteiger partial charge >= 0.3 is 5.97 Å². The van der Waals surface area contributed by atoms with E-state index in [-0.39, 0.29) is 47.0 Å². The lowest BCUT2D eigenvalue weighted by Crippen LogP contribution is -2.56. The average molecular weight is 1140 g/mol. The summed E-state index contributed by atoms with van der Waals surface area (Å²) >= 11 is 15.1. The maximum Gasteiger partial charge on any atom is 0.322 e. The molecule has 1 aliphatic heterocycles. The van der Waals surface area contributed by atoms with E-state index < -0.39 is 12.0 Å². The number of carbonyl (C=O) groups excluding carboxylic acids is 2. The maximum absolute atomic E-state index is 15.5. The molecule has 1 saturated heterocycles. The van der Waals surface area contributed by atoms with Gasteiger partial charge in [-0.1, -0.05) is 112 Å². The minimum absolute atomic E-state index is 0.0372. The van der Waals surface area contributed by atoms with Gasteiger partial charge in [-0.25, -0.2) is 9.97 Å². The Balaban J connectivity index is 1.08. The van der Waals surface area contributed by atoms with Gasteiger partial charge in [0.05, 0.1) is 45.0 Å². The zero-order valence-electron chi connectivity index (χ0n) is 44.9. The fourth-order valence-corrected chi connectivity index (χ4v) is 12.6. The van der Waals surface area contributed by atoms with Gasteiger partial charge in [0.25, 0.3) is 22.9 Å². The number of pyridine rings is 2. The smallest absolute Gasteiger partial charge is 0.322 e. The van der Waals surface area contributed by atoms with Crippen molar-refractivity contribution in [3.05, 3.63) is 183 Å². The Kier molecular flexibility index (Phi) is 16.4. The van der Waals surface area contributed by atoms with Crippen molar-refractivity contribution in [3.8, 4) is 55.0 Å². The van der Waals surface area contributed by atoms with E-state index in [4.69, 9.17) is 33.2 Å². The minimum Gasteiger partial charge on any atom is -0.480 e. The van der Waals surface area contributed by atoms with Crippen LogP contribution in [0, 0.1) is 6.92 Å². The first kappa shape index (κ1) is 55.3. The molecule has 0 unspecified atom stereocenters. The number of aromatic nitrogens is 4. The Morgan fingerprint density at radius 2 is 1.25 bits per heavy atom. The SMILES string of the molecule is CCc1cccc(CCc2cc(CC)c(-n3c(C(C)C)c(C(=O)N4CCN[C@H](C(=O)O)C4)cc(-c4nc(-c5ccc(Cl)cc5)cs4)c3=O)c(CC)c2)c1-n1c(C)c(C(=O)NC2CC2)cc(-c2nc(-c3ccc(Cl)cc3)cs2)c1=O. The monoisotopic (exact) mass is 1130 g/mol. The molecule has 4 aromatic heterocycles. The van der Waals surface area contributed by atoms with Crippen molar-refractivity contribution >= 4 is 63.7 Å². The van der Waals surface area contributed by atoms with Crippen molar-refractivity contribution in [2.24, 2.45) is 0 Å². The van der Waals surface area contributed by atoms with Gasteiger partial charge in [-0.15, -0.1) is 22.7 Å². The number of para-hydroxylation sites is 1. The molecule has 0 radical (unpaired) electrons. The molecule has 406 valence electrons. The van der Waals surface area contributed by atoms with E-state index in [1.54, 1.807) is 50.4 Å². The number of rotatable bonds is 17. The van der Waals surface area contributed by atoms with E-state index in [0.29, 0.717) is 110 Å². The Morgan fingerprint density at radius 3 is 1.78 bits per heavy atom. The third-order valence-electron chi connectivity index (χ3n) is 14.9. The molecule has 17 heteroatoms. The molecule has 13 nitrogen and oxygen atoms in total. The first-order valence-electron chi connectivity index (χ1n) is 26.9. The van der Waals surface area contributed by atoms with Crippen molar-refractivity contribution in [1.29, 1.82) is 0 Å². The van der Waals surface area contributed by atoms with Gasteiger partial charge in [0.15, 0.2) is 0 Å². The minimum atomic E-state index is -1.05.